The van der Waals surface area contributed by atoms with E-state index in [1.165, 1.54) is 0 Å². The summed E-state index contributed by atoms with van der Waals surface area (Å²) in [5.41, 5.74) is 0.503. The molecule has 1 atom stereocenters. The summed E-state index contributed by atoms with van der Waals surface area (Å²) in [5.74, 6) is -1.77. The van der Waals surface area contributed by atoms with E-state index in [-0.39, 0.29) is 6.42 Å². The highest BCUT2D eigenvalue weighted by atomic mass is 35.5. The third kappa shape index (κ3) is 3.51. The summed E-state index contributed by atoms with van der Waals surface area (Å²) in [4.78, 5) is 20.5. The Morgan fingerprint density at radius 2 is 2.12 bits per heavy atom. The molecule has 86 valence electrons. The molecule has 0 unspecified atom stereocenters. The minimum Gasteiger partial charge on any atom is -0.481 e. The van der Waals surface area contributed by atoms with Crippen molar-refractivity contribution in [2.24, 2.45) is 0 Å². The molecule has 1 aromatic rings. The zero-order chi connectivity index (χ0) is 12.1. The molecule has 1 aromatic carbocycles. The van der Waals surface area contributed by atoms with Crippen LogP contribution in [0, 0.1) is 10.1 Å². The van der Waals surface area contributed by atoms with Gasteiger partial charge >= 0.3 is 5.97 Å². The number of carbonyl (C=O) groups is 1. The summed E-state index contributed by atoms with van der Waals surface area (Å²) in [7, 11) is 0. The van der Waals surface area contributed by atoms with Crippen molar-refractivity contribution in [3.8, 4) is 0 Å². The largest absolute Gasteiger partial charge is 0.481 e. The van der Waals surface area contributed by atoms with Gasteiger partial charge in [0.2, 0.25) is 6.54 Å². The van der Waals surface area contributed by atoms with Gasteiger partial charge in [0.1, 0.15) is 0 Å². The van der Waals surface area contributed by atoms with Crippen LogP contribution in [0.5, 0.6) is 0 Å². The van der Waals surface area contributed by atoms with E-state index < -0.39 is 23.4 Å². The third-order valence-corrected chi connectivity index (χ3v) is 2.48. The van der Waals surface area contributed by atoms with Gasteiger partial charge in [-0.05, 0) is 11.6 Å². The van der Waals surface area contributed by atoms with Crippen molar-refractivity contribution in [3.05, 3.63) is 45.0 Å². The average molecular weight is 244 g/mol. The molecular formula is C10H10ClNO4. The second-order valence-electron chi connectivity index (χ2n) is 3.33. The van der Waals surface area contributed by atoms with Gasteiger partial charge in [0.25, 0.3) is 0 Å². The molecule has 0 aliphatic carbocycles. The summed E-state index contributed by atoms with van der Waals surface area (Å²) in [6.45, 7) is -0.434. The van der Waals surface area contributed by atoms with Gasteiger partial charge in [0.15, 0.2) is 0 Å². The number of hydrogen-bond donors (Lipinski definition) is 1. The predicted molar refractivity (Wildman–Crippen MR) is 58.3 cm³/mol. The molecule has 0 aliphatic heterocycles. The summed E-state index contributed by atoms with van der Waals surface area (Å²) >= 11 is 5.87. The maximum atomic E-state index is 10.6. The van der Waals surface area contributed by atoms with Crippen LogP contribution in [0.2, 0.25) is 5.02 Å². The van der Waals surface area contributed by atoms with E-state index in [2.05, 4.69) is 0 Å². The molecule has 6 heteroatoms. The topological polar surface area (TPSA) is 80.4 Å². The number of benzene rings is 1. The van der Waals surface area contributed by atoms with Crippen LogP contribution in [0.3, 0.4) is 0 Å². The van der Waals surface area contributed by atoms with E-state index in [0.717, 1.165) is 0 Å². The standard InChI is InChI=1S/C10H10ClNO4/c11-9-4-2-1-3-8(9)7(5-10(13)14)6-12(15)16/h1-4,7H,5-6H2,(H,13,14)/t7-/m0/s1. The number of nitrogens with zero attached hydrogens (tertiary/aromatic N) is 1. The molecular weight excluding hydrogens is 234 g/mol. The van der Waals surface area contributed by atoms with Gasteiger partial charge < -0.3 is 5.11 Å². The first-order valence-electron chi connectivity index (χ1n) is 4.58. The molecule has 0 saturated heterocycles. The lowest BCUT2D eigenvalue weighted by Crippen LogP contribution is -2.16. The summed E-state index contributed by atoms with van der Waals surface area (Å²) in [6.07, 6.45) is -0.301. The van der Waals surface area contributed by atoms with Crippen molar-refractivity contribution in [2.75, 3.05) is 6.54 Å². The van der Waals surface area contributed by atoms with Crippen LogP contribution in [0.25, 0.3) is 0 Å². The highest BCUT2D eigenvalue weighted by molar-refractivity contribution is 6.31. The lowest BCUT2D eigenvalue weighted by Gasteiger charge is -2.12. The summed E-state index contributed by atoms with van der Waals surface area (Å²) in [5, 5.41) is 19.5. The Kier molecular flexibility index (Phi) is 4.25. The first-order chi connectivity index (χ1) is 7.50. The molecule has 0 heterocycles. The smallest absolute Gasteiger partial charge is 0.304 e. The van der Waals surface area contributed by atoms with Crippen LogP contribution in [0.1, 0.15) is 17.9 Å². The van der Waals surface area contributed by atoms with Crippen molar-refractivity contribution in [1.82, 2.24) is 0 Å². The van der Waals surface area contributed by atoms with Crippen molar-refractivity contribution in [1.29, 1.82) is 0 Å². The van der Waals surface area contributed by atoms with Crippen LogP contribution in [-0.4, -0.2) is 22.5 Å². The van der Waals surface area contributed by atoms with Gasteiger partial charge in [-0.3, -0.25) is 14.9 Å². The number of rotatable bonds is 5. The lowest BCUT2D eigenvalue weighted by molar-refractivity contribution is -0.483. The fourth-order valence-corrected chi connectivity index (χ4v) is 1.76. The van der Waals surface area contributed by atoms with Crippen LogP contribution >= 0.6 is 11.6 Å². The first-order valence-corrected chi connectivity index (χ1v) is 4.96. The molecule has 1 N–H and O–H groups in total. The van der Waals surface area contributed by atoms with Crippen LogP contribution in [0.15, 0.2) is 24.3 Å². The van der Waals surface area contributed by atoms with E-state index >= 15 is 0 Å². The molecule has 0 saturated carbocycles. The number of carboxylic acids is 1. The number of halogens is 1. The zero-order valence-corrected chi connectivity index (χ0v) is 9.05. The SMILES string of the molecule is O=C(O)C[C@@H](C[N+](=O)[O-])c1ccccc1Cl. The molecule has 0 spiro atoms. The predicted octanol–water partition coefficient (Wildman–Crippen LogP) is 2.17. The molecule has 0 aromatic heterocycles. The van der Waals surface area contributed by atoms with Gasteiger partial charge in [-0.1, -0.05) is 29.8 Å². The highest BCUT2D eigenvalue weighted by Gasteiger charge is 2.22. The molecule has 5 nitrogen and oxygen atoms in total. The van der Waals surface area contributed by atoms with Crippen LogP contribution < -0.4 is 0 Å². The van der Waals surface area contributed by atoms with Gasteiger partial charge in [0.05, 0.1) is 12.3 Å². The third-order valence-electron chi connectivity index (χ3n) is 2.14. The molecule has 0 fully saturated rings. The minimum atomic E-state index is -1.08. The fraction of sp³-hybridized carbons (Fsp3) is 0.300. The Morgan fingerprint density at radius 3 is 2.62 bits per heavy atom. The minimum absolute atomic E-state index is 0.301. The van der Waals surface area contributed by atoms with Crippen molar-refractivity contribution < 1.29 is 14.8 Å². The van der Waals surface area contributed by atoms with Crippen molar-refractivity contribution in [2.45, 2.75) is 12.3 Å². The Morgan fingerprint density at radius 1 is 1.50 bits per heavy atom. The Balaban J connectivity index is 2.96. The van der Waals surface area contributed by atoms with Crippen LogP contribution in [0.4, 0.5) is 0 Å². The molecule has 0 aliphatic rings. The number of nitro groups is 1. The van der Waals surface area contributed by atoms with Crippen molar-refractivity contribution in [3.63, 3.8) is 0 Å². The molecule has 16 heavy (non-hydrogen) atoms. The van der Waals surface area contributed by atoms with Gasteiger partial charge in [-0.2, -0.15) is 0 Å². The summed E-state index contributed by atoms with van der Waals surface area (Å²) in [6, 6.07) is 6.57. The van der Waals surface area contributed by atoms with E-state index in [9.17, 15) is 14.9 Å². The maximum Gasteiger partial charge on any atom is 0.304 e. The molecule has 0 bridgehead atoms. The number of carboxylic acid groups (broad SMARTS) is 1. The number of aliphatic carboxylic acids is 1. The molecule has 1 rings (SSSR count). The second kappa shape index (κ2) is 5.46. The molecule has 0 radical (unpaired) electrons. The summed E-state index contributed by atoms with van der Waals surface area (Å²) < 4.78 is 0. The second-order valence-corrected chi connectivity index (χ2v) is 3.74. The van der Waals surface area contributed by atoms with Crippen molar-refractivity contribution >= 4 is 17.6 Å². The Bertz CT molecular complexity index is 392. The maximum absolute atomic E-state index is 10.6. The Labute approximate surface area is 96.8 Å². The lowest BCUT2D eigenvalue weighted by atomic mass is 9.96. The molecule has 0 amide bonds. The number of hydrogen-bond acceptors (Lipinski definition) is 3. The van der Waals surface area contributed by atoms with Gasteiger partial charge in [-0.25, -0.2) is 0 Å². The first kappa shape index (κ1) is 12.4. The zero-order valence-electron chi connectivity index (χ0n) is 8.30. The van der Waals surface area contributed by atoms with Gasteiger partial charge in [-0.15, -0.1) is 0 Å². The van der Waals surface area contributed by atoms with Gasteiger partial charge in [0, 0.05) is 9.95 Å². The van der Waals surface area contributed by atoms with Crippen LogP contribution in [-0.2, 0) is 4.79 Å². The highest BCUT2D eigenvalue weighted by Crippen LogP contribution is 2.27. The fourth-order valence-electron chi connectivity index (χ4n) is 1.47. The van der Waals surface area contributed by atoms with E-state index in [1.807, 2.05) is 0 Å². The monoisotopic (exact) mass is 243 g/mol. The normalized spacial score (nSPS) is 12.1. The average Bonchev–Trinajstić information content (AvgIpc) is 2.15. The Hall–Kier alpha value is -1.62. The quantitative estimate of drug-likeness (QED) is 0.635. The van der Waals surface area contributed by atoms with E-state index in [1.54, 1.807) is 24.3 Å². The van der Waals surface area contributed by atoms with E-state index in [0.29, 0.717) is 10.6 Å². The van der Waals surface area contributed by atoms with E-state index in [4.69, 9.17) is 16.7 Å².